The van der Waals surface area contributed by atoms with E-state index < -0.39 is 0 Å². The molecule has 0 aromatic carbocycles. The van der Waals surface area contributed by atoms with E-state index in [0.29, 0.717) is 18.5 Å². The van der Waals surface area contributed by atoms with Crippen molar-refractivity contribution in [2.75, 3.05) is 46.3 Å². The van der Waals surface area contributed by atoms with Gasteiger partial charge in [-0.2, -0.15) is 0 Å². The molecule has 0 aliphatic carbocycles. The molecule has 0 saturated carbocycles. The van der Waals surface area contributed by atoms with Gasteiger partial charge in [0.25, 0.3) is 0 Å². The van der Waals surface area contributed by atoms with E-state index in [4.69, 9.17) is 4.42 Å². The number of aliphatic imine (C=N–C) groups is 1. The van der Waals surface area contributed by atoms with Crippen molar-refractivity contribution >= 4 is 5.96 Å². The van der Waals surface area contributed by atoms with Crippen LogP contribution in [0.5, 0.6) is 0 Å². The van der Waals surface area contributed by atoms with Gasteiger partial charge in [0.1, 0.15) is 12.3 Å². The predicted molar refractivity (Wildman–Crippen MR) is 107 cm³/mol. The Balaban J connectivity index is 1.87. The van der Waals surface area contributed by atoms with E-state index in [0.717, 1.165) is 51.0 Å². The van der Waals surface area contributed by atoms with Crippen LogP contribution in [0.1, 0.15) is 46.3 Å². The van der Waals surface area contributed by atoms with Crippen LogP contribution in [-0.4, -0.2) is 73.1 Å². The molecule has 7 nitrogen and oxygen atoms in total. The number of oxazole rings is 1. The third kappa shape index (κ3) is 6.29. The fraction of sp³-hybridized carbons (Fsp3) is 0.789. The average Bonchev–Trinajstić information content (AvgIpc) is 3.07. The maximum Gasteiger partial charge on any atom is 0.216 e. The van der Waals surface area contributed by atoms with Crippen LogP contribution in [0.3, 0.4) is 0 Å². The Morgan fingerprint density at radius 3 is 2.54 bits per heavy atom. The maximum atomic E-state index is 5.82. The lowest BCUT2D eigenvalue weighted by molar-refractivity contribution is 0.120. The Kier molecular flexibility index (Phi) is 7.46. The lowest BCUT2D eigenvalue weighted by Gasteiger charge is -2.36. The molecule has 2 rings (SSSR count). The van der Waals surface area contributed by atoms with E-state index in [9.17, 15) is 0 Å². The topological polar surface area (TPSA) is 68.9 Å². The molecule has 2 N–H and O–H groups in total. The second-order valence-corrected chi connectivity index (χ2v) is 8.13. The second kappa shape index (κ2) is 9.37. The SMILES string of the molecule is CCNC(=NCc1ncc(C(C)(C)C)o1)NCC(C)N1CCN(C)CC1. The lowest BCUT2D eigenvalue weighted by atomic mass is 9.94. The zero-order valence-electron chi connectivity index (χ0n) is 17.3. The van der Waals surface area contributed by atoms with Crippen molar-refractivity contribution in [3.63, 3.8) is 0 Å². The maximum absolute atomic E-state index is 5.82. The van der Waals surface area contributed by atoms with E-state index in [2.05, 4.69) is 72.1 Å². The van der Waals surface area contributed by atoms with Crippen LogP contribution >= 0.6 is 0 Å². The summed E-state index contributed by atoms with van der Waals surface area (Å²) in [4.78, 5) is 13.9. The number of piperazine rings is 1. The molecule has 1 aliphatic rings. The summed E-state index contributed by atoms with van der Waals surface area (Å²) in [5.74, 6) is 2.35. The highest BCUT2D eigenvalue weighted by molar-refractivity contribution is 5.79. The van der Waals surface area contributed by atoms with Gasteiger partial charge in [0.05, 0.1) is 6.20 Å². The van der Waals surface area contributed by atoms with Crippen molar-refractivity contribution in [1.29, 1.82) is 0 Å². The molecule has 148 valence electrons. The number of aromatic nitrogens is 1. The number of hydrogen-bond acceptors (Lipinski definition) is 5. The number of nitrogens with one attached hydrogen (secondary N) is 2. The van der Waals surface area contributed by atoms with Crippen molar-refractivity contribution in [2.45, 2.75) is 52.6 Å². The van der Waals surface area contributed by atoms with Gasteiger partial charge in [-0.15, -0.1) is 0 Å². The van der Waals surface area contributed by atoms with E-state index in [-0.39, 0.29) is 5.41 Å². The Bertz CT molecular complexity index is 569. The first-order valence-corrected chi connectivity index (χ1v) is 9.69. The third-order valence-corrected chi connectivity index (χ3v) is 4.74. The van der Waals surface area contributed by atoms with Crippen LogP contribution in [0.15, 0.2) is 15.6 Å². The quantitative estimate of drug-likeness (QED) is 0.591. The van der Waals surface area contributed by atoms with Crippen molar-refractivity contribution in [1.82, 2.24) is 25.4 Å². The third-order valence-electron chi connectivity index (χ3n) is 4.74. The zero-order chi connectivity index (χ0) is 19.2. The first kappa shape index (κ1) is 20.7. The van der Waals surface area contributed by atoms with E-state index in [1.165, 1.54) is 0 Å². The first-order chi connectivity index (χ1) is 12.3. The summed E-state index contributed by atoms with van der Waals surface area (Å²) < 4.78 is 5.82. The summed E-state index contributed by atoms with van der Waals surface area (Å²) in [5.41, 5.74) is -0.0321. The van der Waals surface area contributed by atoms with Gasteiger partial charge in [-0.1, -0.05) is 20.8 Å². The van der Waals surface area contributed by atoms with Gasteiger partial charge in [0.15, 0.2) is 5.96 Å². The number of rotatable bonds is 6. The van der Waals surface area contributed by atoms with Crippen LogP contribution in [0, 0.1) is 0 Å². The molecule has 26 heavy (non-hydrogen) atoms. The molecule has 1 unspecified atom stereocenters. The van der Waals surface area contributed by atoms with Gasteiger partial charge in [-0.25, -0.2) is 9.98 Å². The smallest absolute Gasteiger partial charge is 0.216 e. The summed E-state index contributed by atoms with van der Waals surface area (Å²) in [6, 6.07) is 0.474. The number of hydrogen-bond donors (Lipinski definition) is 2. The molecular formula is C19H36N6O. The number of guanidine groups is 1. The number of likely N-dealkylation sites (N-methyl/N-ethyl adjacent to an activating group) is 1. The van der Waals surface area contributed by atoms with E-state index >= 15 is 0 Å². The molecular weight excluding hydrogens is 328 g/mol. The number of nitrogens with zero attached hydrogens (tertiary/aromatic N) is 4. The highest BCUT2D eigenvalue weighted by atomic mass is 16.4. The van der Waals surface area contributed by atoms with Crippen LogP contribution in [0.25, 0.3) is 0 Å². The Labute approximate surface area is 158 Å². The predicted octanol–water partition coefficient (Wildman–Crippen LogP) is 1.66. The molecule has 0 radical (unpaired) electrons. The molecule has 1 aromatic rings. The first-order valence-electron chi connectivity index (χ1n) is 9.69. The Hall–Kier alpha value is -1.60. The van der Waals surface area contributed by atoms with Gasteiger partial charge in [-0.3, -0.25) is 4.90 Å². The summed E-state index contributed by atoms with van der Waals surface area (Å²) in [6.07, 6.45) is 1.81. The summed E-state index contributed by atoms with van der Waals surface area (Å²) in [5, 5.41) is 6.75. The molecule has 7 heteroatoms. The van der Waals surface area contributed by atoms with Crippen molar-refractivity contribution < 1.29 is 4.42 Å². The minimum Gasteiger partial charge on any atom is -0.443 e. The fourth-order valence-corrected chi connectivity index (χ4v) is 2.85. The summed E-state index contributed by atoms with van der Waals surface area (Å²) >= 11 is 0. The highest BCUT2D eigenvalue weighted by Crippen LogP contribution is 2.22. The molecule has 0 bridgehead atoms. The summed E-state index contributed by atoms with van der Waals surface area (Å²) in [6.45, 7) is 17.4. The van der Waals surface area contributed by atoms with Gasteiger partial charge >= 0.3 is 0 Å². The highest BCUT2D eigenvalue weighted by Gasteiger charge is 2.20. The second-order valence-electron chi connectivity index (χ2n) is 8.13. The molecule has 0 spiro atoms. The average molecular weight is 365 g/mol. The summed E-state index contributed by atoms with van der Waals surface area (Å²) in [7, 11) is 2.18. The van der Waals surface area contributed by atoms with Crippen LogP contribution in [0.4, 0.5) is 0 Å². The minimum absolute atomic E-state index is 0.0321. The van der Waals surface area contributed by atoms with E-state index in [1.807, 2.05) is 0 Å². The van der Waals surface area contributed by atoms with Crippen molar-refractivity contribution in [3.8, 4) is 0 Å². The molecule has 1 aliphatic heterocycles. The van der Waals surface area contributed by atoms with Crippen molar-refractivity contribution in [3.05, 3.63) is 17.8 Å². The molecule has 1 fully saturated rings. The minimum atomic E-state index is -0.0321. The Morgan fingerprint density at radius 2 is 1.96 bits per heavy atom. The van der Waals surface area contributed by atoms with Crippen LogP contribution < -0.4 is 10.6 Å². The Morgan fingerprint density at radius 1 is 1.27 bits per heavy atom. The molecule has 0 amide bonds. The molecule has 1 atom stereocenters. The molecule has 1 saturated heterocycles. The zero-order valence-corrected chi connectivity index (χ0v) is 17.3. The molecule has 2 heterocycles. The van der Waals surface area contributed by atoms with Gasteiger partial charge in [-0.05, 0) is 20.9 Å². The standard InChI is InChI=1S/C19H36N6O/c1-7-20-18(22-12-15(2)25-10-8-24(6)9-11-25)23-14-17-21-13-16(26-17)19(3,4)5/h13,15H,7-12,14H2,1-6H3,(H2,20,22,23). The van der Waals surface area contributed by atoms with Gasteiger partial charge in [0, 0.05) is 50.7 Å². The molecule has 1 aromatic heterocycles. The lowest BCUT2D eigenvalue weighted by Crippen LogP contribution is -2.52. The van der Waals surface area contributed by atoms with Gasteiger partial charge in [0.2, 0.25) is 5.89 Å². The monoisotopic (exact) mass is 364 g/mol. The largest absolute Gasteiger partial charge is 0.443 e. The van der Waals surface area contributed by atoms with Gasteiger partial charge < -0.3 is 20.0 Å². The van der Waals surface area contributed by atoms with Crippen LogP contribution in [0.2, 0.25) is 0 Å². The fourth-order valence-electron chi connectivity index (χ4n) is 2.85. The van der Waals surface area contributed by atoms with E-state index in [1.54, 1.807) is 6.20 Å². The van der Waals surface area contributed by atoms with Crippen LogP contribution in [-0.2, 0) is 12.0 Å². The normalized spacial score (nSPS) is 18.8. The van der Waals surface area contributed by atoms with Crippen molar-refractivity contribution in [2.24, 2.45) is 4.99 Å².